The van der Waals surface area contributed by atoms with Crippen molar-refractivity contribution in [1.29, 1.82) is 0 Å². The number of ether oxygens (including phenoxy) is 1. The van der Waals surface area contributed by atoms with Gasteiger partial charge in [0, 0.05) is 19.6 Å². The zero-order valence-electron chi connectivity index (χ0n) is 15.9. The fraction of sp³-hybridized carbons (Fsp3) is 0.650. The van der Waals surface area contributed by atoms with Gasteiger partial charge in [0.15, 0.2) is 0 Å². The molecule has 0 radical (unpaired) electrons. The highest BCUT2D eigenvalue weighted by molar-refractivity contribution is 5.85. The molecule has 2 aliphatic rings. The molecule has 2 saturated heterocycles. The molecule has 1 aromatic carbocycles. The number of nitrogens with one attached hydrogen (secondary N) is 1. The zero-order chi connectivity index (χ0) is 17.5. The number of amides is 1. The summed E-state index contributed by atoms with van der Waals surface area (Å²) in [5.74, 6) is -0.0235. The van der Waals surface area contributed by atoms with E-state index in [2.05, 4.69) is 34.5 Å². The van der Waals surface area contributed by atoms with Crippen LogP contribution in [-0.4, -0.2) is 42.6 Å². The van der Waals surface area contributed by atoms with Crippen molar-refractivity contribution in [3.8, 4) is 0 Å². The Kier molecular flexibility index (Phi) is 11.3. The van der Waals surface area contributed by atoms with Gasteiger partial charge < -0.3 is 15.8 Å². The molecular formula is C20H33Cl2N3O2. The van der Waals surface area contributed by atoms with E-state index in [0.717, 1.165) is 24.9 Å². The van der Waals surface area contributed by atoms with Crippen LogP contribution in [0.1, 0.15) is 49.7 Å². The number of nitrogens with two attached hydrogens (primary N) is 1. The van der Waals surface area contributed by atoms with Crippen LogP contribution in [0.2, 0.25) is 0 Å². The number of carbonyl (C=O) groups is 1. The van der Waals surface area contributed by atoms with Gasteiger partial charge in [-0.3, -0.25) is 9.69 Å². The molecule has 0 aromatic heterocycles. The summed E-state index contributed by atoms with van der Waals surface area (Å²) in [5, 5.41) is 2.98. The van der Waals surface area contributed by atoms with Crippen molar-refractivity contribution < 1.29 is 9.53 Å². The van der Waals surface area contributed by atoms with Gasteiger partial charge in [0.2, 0.25) is 5.91 Å². The third-order valence-electron chi connectivity index (χ3n) is 5.26. The number of halogens is 2. The van der Waals surface area contributed by atoms with Crippen molar-refractivity contribution in [3.63, 3.8) is 0 Å². The van der Waals surface area contributed by atoms with Crippen LogP contribution in [-0.2, 0) is 22.6 Å². The van der Waals surface area contributed by atoms with Crippen LogP contribution in [0.4, 0.5) is 0 Å². The van der Waals surface area contributed by atoms with Gasteiger partial charge in [0.25, 0.3) is 0 Å². The standard InChI is InChI=1S/C20H31N3O2.2ClH/c21-13-18-9-10-19(25-18)20(24)22-14-16-5-7-17(8-6-16)15-23-11-3-1-2-4-12-23;;/h5-8,18-19H,1-4,9-15,21H2,(H,22,24);2*1H/t18-,19+;;/m1../s1. The highest BCUT2D eigenvalue weighted by Gasteiger charge is 2.29. The average molecular weight is 418 g/mol. The summed E-state index contributed by atoms with van der Waals surface area (Å²) >= 11 is 0. The Balaban J connectivity index is 0.00000182. The third-order valence-corrected chi connectivity index (χ3v) is 5.26. The van der Waals surface area contributed by atoms with Crippen LogP contribution < -0.4 is 11.1 Å². The predicted molar refractivity (Wildman–Crippen MR) is 113 cm³/mol. The molecule has 7 heteroatoms. The number of carbonyl (C=O) groups excluding carboxylic acids is 1. The number of hydrogen-bond acceptors (Lipinski definition) is 4. The molecule has 0 saturated carbocycles. The lowest BCUT2D eigenvalue weighted by Crippen LogP contribution is -2.35. The Hall–Kier alpha value is -0.850. The minimum atomic E-state index is -0.337. The lowest BCUT2D eigenvalue weighted by atomic mass is 10.1. The van der Waals surface area contributed by atoms with E-state index in [-0.39, 0.29) is 42.9 Å². The Morgan fingerprint density at radius 3 is 2.26 bits per heavy atom. The summed E-state index contributed by atoms with van der Waals surface area (Å²) in [6.07, 6.45) is 6.71. The molecule has 154 valence electrons. The molecule has 2 aliphatic heterocycles. The van der Waals surface area contributed by atoms with Crippen LogP contribution in [0.25, 0.3) is 0 Å². The van der Waals surface area contributed by atoms with E-state index < -0.39 is 0 Å². The van der Waals surface area contributed by atoms with Gasteiger partial charge >= 0.3 is 0 Å². The van der Waals surface area contributed by atoms with Gasteiger partial charge in [-0.1, -0.05) is 37.1 Å². The fourth-order valence-electron chi connectivity index (χ4n) is 3.69. The van der Waals surface area contributed by atoms with Gasteiger partial charge in [-0.05, 0) is 49.9 Å². The maximum atomic E-state index is 12.2. The number of nitrogens with zero attached hydrogens (tertiary/aromatic N) is 1. The molecule has 3 rings (SSSR count). The van der Waals surface area contributed by atoms with E-state index in [1.165, 1.54) is 44.3 Å². The van der Waals surface area contributed by atoms with E-state index in [4.69, 9.17) is 10.5 Å². The Morgan fingerprint density at radius 2 is 1.67 bits per heavy atom. The number of rotatable bonds is 6. The van der Waals surface area contributed by atoms with Gasteiger partial charge in [-0.2, -0.15) is 0 Å². The summed E-state index contributed by atoms with van der Waals surface area (Å²) in [5.41, 5.74) is 8.07. The van der Waals surface area contributed by atoms with E-state index >= 15 is 0 Å². The Labute approximate surface area is 175 Å². The first-order valence-corrected chi connectivity index (χ1v) is 9.68. The van der Waals surface area contributed by atoms with Gasteiger partial charge in [0.1, 0.15) is 6.10 Å². The number of likely N-dealkylation sites (tertiary alicyclic amines) is 1. The van der Waals surface area contributed by atoms with Gasteiger partial charge in [0.05, 0.1) is 6.10 Å². The van der Waals surface area contributed by atoms with Crippen molar-refractivity contribution in [3.05, 3.63) is 35.4 Å². The van der Waals surface area contributed by atoms with Gasteiger partial charge in [-0.15, -0.1) is 24.8 Å². The van der Waals surface area contributed by atoms with Crippen LogP contribution >= 0.6 is 24.8 Å². The minimum Gasteiger partial charge on any atom is -0.364 e. The summed E-state index contributed by atoms with van der Waals surface area (Å²) in [7, 11) is 0. The summed E-state index contributed by atoms with van der Waals surface area (Å²) in [4.78, 5) is 14.7. The largest absolute Gasteiger partial charge is 0.364 e. The van der Waals surface area contributed by atoms with Crippen LogP contribution in [0.3, 0.4) is 0 Å². The molecule has 5 nitrogen and oxygen atoms in total. The maximum absolute atomic E-state index is 12.2. The van der Waals surface area contributed by atoms with Crippen molar-refractivity contribution in [2.75, 3.05) is 19.6 Å². The lowest BCUT2D eigenvalue weighted by Gasteiger charge is -2.20. The van der Waals surface area contributed by atoms with E-state index in [9.17, 15) is 4.79 Å². The van der Waals surface area contributed by atoms with Crippen molar-refractivity contribution in [2.24, 2.45) is 5.73 Å². The second-order valence-electron chi connectivity index (χ2n) is 7.28. The van der Waals surface area contributed by atoms with Crippen LogP contribution in [0.5, 0.6) is 0 Å². The topological polar surface area (TPSA) is 67.6 Å². The lowest BCUT2D eigenvalue weighted by molar-refractivity contribution is -0.132. The van der Waals surface area contributed by atoms with Gasteiger partial charge in [-0.25, -0.2) is 0 Å². The molecule has 27 heavy (non-hydrogen) atoms. The molecule has 0 spiro atoms. The molecule has 2 fully saturated rings. The predicted octanol–water partition coefficient (Wildman–Crippen LogP) is 3.03. The first-order chi connectivity index (χ1) is 12.2. The van der Waals surface area contributed by atoms with Crippen LogP contribution in [0.15, 0.2) is 24.3 Å². The quantitative estimate of drug-likeness (QED) is 0.745. The number of benzene rings is 1. The highest BCUT2D eigenvalue weighted by Crippen LogP contribution is 2.19. The first-order valence-electron chi connectivity index (χ1n) is 9.68. The van der Waals surface area contributed by atoms with E-state index in [1.54, 1.807) is 0 Å². The molecular weight excluding hydrogens is 385 g/mol. The normalized spacial score (nSPS) is 23.0. The molecule has 2 heterocycles. The molecule has 0 bridgehead atoms. The molecule has 1 aromatic rings. The molecule has 0 aliphatic carbocycles. The van der Waals surface area contributed by atoms with E-state index in [0.29, 0.717) is 13.1 Å². The van der Waals surface area contributed by atoms with Crippen LogP contribution in [0, 0.1) is 0 Å². The average Bonchev–Trinajstić information content (AvgIpc) is 2.99. The highest BCUT2D eigenvalue weighted by atomic mass is 35.5. The third kappa shape index (κ3) is 7.59. The summed E-state index contributed by atoms with van der Waals surface area (Å²) in [6.45, 7) is 4.49. The minimum absolute atomic E-state index is 0. The van der Waals surface area contributed by atoms with Crippen molar-refractivity contribution in [1.82, 2.24) is 10.2 Å². The van der Waals surface area contributed by atoms with Crippen molar-refractivity contribution >= 4 is 30.7 Å². The number of hydrogen-bond donors (Lipinski definition) is 2. The molecule has 0 unspecified atom stereocenters. The molecule has 1 amide bonds. The summed E-state index contributed by atoms with van der Waals surface area (Å²) < 4.78 is 5.63. The molecule has 3 N–H and O–H groups in total. The Bertz CT molecular complexity index is 549. The zero-order valence-corrected chi connectivity index (χ0v) is 17.5. The maximum Gasteiger partial charge on any atom is 0.249 e. The second-order valence-corrected chi connectivity index (χ2v) is 7.28. The summed E-state index contributed by atoms with van der Waals surface area (Å²) in [6, 6.07) is 8.60. The SMILES string of the molecule is Cl.Cl.NC[C@H]1CC[C@@H](C(=O)NCc2ccc(CN3CCCCCC3)cc2)O1. The molecule has 2 atom stereocenters. The second kappa shape index (κ2) is 12.6. The fourth-order valence-corrected chi connectivity index (χ4v) is 3.69. The van der Waals surface area contributed by atoms with Crippen molar-refractivity contribution in [2.45, 2.75) is 63.8 Å². The van der Waals surface area contributed by atoms with E-state index in [1.807, 2.05) is 0 Å². The first kappa shape index (κ1) is 24.2. The smallest absolute Gasteiger partial charge is 0.249 e. The monoisotopic (exact) mass is 417 g/mol. The Morgan fingerprint density at radius 1 is 1.04 bits per heavy atom.